The second-order valence-electron chi connectivity index (χ2n) is 9.17. The maximum absolute atomic E-state index is 13.0. The summed E-state index contributed by atoms with van der Waals surface area (Å²) in [5.74, 6) is -0.372. The van der Waals surface area contributed by atoms with E-state index in [0.29, 0.717) is 56.6 Å². The van der Waals surface area contributed by atoms with Crippen molar-refractivity contribution < 1.29 is 19.1 Å². The molecule has 2 atom stereocenters. The molecule has 2 unspecified atom stereocenters. The van der Waals surface area contributed by atoms with Gasteiger partial charge in [-0.05, 0) is 54.9 Å². The minimum atomic E-state index is -0.977. The fourth-order valence-electron chi connectivity index (χ4n) is 4.62. The van der Waals surface area contributed by atoms with Crippen LogP contribution in [0.2, 0.25) is 5.02 Å². The lowest BCUT2D eigenvalue weighted by atomic mass is 9.99. The highest BCUT2D eigenvalue weighted by Gasteiger charge is 2.37. The summed E-state index contributed by atoms with van der Waals surface area (Å²) in [5.41, 5.74) is 13.6. The normalized spacial score (nSPS) is 19.6. The van der Waals surface area contributed by atoms with Crippen LogP contribution in [-0.2, 0) is 32.2 Å². The number of halogens is 1. The van der Waals surface area contributed by atoms with E-state index in [1.54, 1.807) is 24.1 Å². The Labute approximate surface area is 206 Å². The number of carbonyl (C=O) groups excluding carboxylic acids is 3. The highest BCUT2D eigenvalue weighted by atomic mass is 35.5. The monoisotopic (exact) mass is 493 g/mol. The Morgan fingerprint density at radius 2 is 1.97 bits per heavy atom. The number of ether oxygens (including phenoxy) is 1. The van der Waals surface area contributed by atoms with Gasteiger partial charge in [0.15, 0.2) is 0 Å². The van der Waals surface area contributed by atoms with Gasteiger partial charge in [-0.1, -0.05) is 17.7 Å². The van der Waals surface area contributed by atoms with Crippen molar-refractivity contribution in [3.05, 3.63) is 34.3 Å². The molecule has 2 saturated heterocycles. The van der Waals surface area contributed by atoms with Crippen LogP contribution >= 0.6 is 11.6 Å². The predicted molar refractivity (Wildman–Crippen MR) is 130 cm³/mol. The predicted octanol–water partition coefficient (Wildman–Crippen LogP) is 1.01. The van der Waals surface area contributed by atoms with Gasteiger partial charge >= 0.3 is 0 Å². The first-order valence-electron chi connectivity index (χ1n) is 11.9. The molecule has 9 nitrogen and oxygen atoms in total. The van der Waals surface area contributed by atoms with Crippen LogP contribution in [-0.4, -0.2) is 73.0 Å². The number of rotatable bonds is 9. The largest absolute Gasteiger partial charge is 0.381 e. The summed E-state index contributed by atoms with van der Waals surface area (Å²) in [6.45, 7) is 3.12. The lowest BCUT2D eigenvalue weighted by molar-refractivity contribution is -0.141. The van der Waals surface area contributed by atoms with Crippen molar-refractivity contribution in [2.24, 2.45) is 17.4 Å². The molecular formula is C24H36ClN5O4. The van der Waals surface area contributed by atoms with Gasteiger partial charge in [-0.15, -0.1) is 0 Å². The minimum Gasteiger partial charge on any atom is -0.381 e. The summed E-state index contributed by atoms with van der Waals surface area (Å²) < 4.78 is 5.37. The quantitative estimate of drug-likeness (QED) is 0.470. The summed E-state index contributed by atoms with van der Waals surface area (Å²) in [6.07, 6.45) is 3.04. The minimum absolute atomic E-state index is 0.0776. The standard InChI is InChI=1S/C24H36ClN5O4/c1-29(15-16-6-9-34-10-7-16)22(31)12-20(27)24(33)30-8-2-3-21(30)23(32)28-14-18-11-19(25)5-4-17(18)13-26/h4-5,11,16,20-21H,2-3,6-10,12-15,26-27H2,1H3,(H,28,32). The molecule has 0 radical (unpaired) electrons. The second kappa shape index (κ2) is 12.5. The van der Waals surface area contributed by atoms with E-state index in [2.05, 4.69) is 5.32 Å². The topological polar surface area (TPSA) is 131 Å². The summed E-state index contributed by atoms with van der Waals surface area (Å²) in [4.78, 5) is 41.7. The van der Waals surface area contributed by atoms with Gasteiger partial charge < -0.3 is 31.3 Å². The molecule has 10 heteroatoms. The summed E-state index contributed by atoms with van der Waals surface area (Å²) in [7, 11) is 1.74. The van der Waals surface area contributed by atoms with E-state index in [1.165, 1.54) is 4.90 Å². The molecule has 1 aromatic carbocycles. The summed E-state index contributed by atoms with van der Waals surface area (Å²) >= 11 is 6.08. The van der Waals surface area contributed by atoms with Crippen LogP contribution in [0.3, 0.4) is 0 Å². The van der Waals surface area contributed by atoms with Gasteiger partial charge in [-0.2, -0.15) is 0 Å². The van der Waals surface area contributed by atoms with Crippen molar-refractivity contribution in [1.29, 1.82) is 0 Å². The Hall–Kier alpha value is -2.20. The van der Waals surface area contributed by atoms with Gasteiger partial charge in [0, 0.05) is 51.5 Å². The number of carbonyl (C=O) groups is 3. The lowest BCUT2D eigenvalue weighted by Crippen LogP contribution is -2.52. The number of nitrogens with zero attached hydrogens (tertiary/aromatic N) is 2. The van der Waals surface area contributed by atoms with E-state index in [1.807, 2.05) is 6.07 Å². The average Bonchev–Trinajstić information content (AvgIpc) is 3.32. The molecule has 3 amide bonds. The van der Waals surface area contributed by atoms with Crippen molar-refractivity contribution in [3.8, 4) is 0 Å². The third-order valence-corrected chi connectivity index (χ3v) is 6.93. The molecule has 2 aliphatic rings. The molecular weight excluding hydrogens is 458 g/mol. The van der Waals surface area contributed by atoms with Crippen LogP contribution in [0, 0.1) is 5.92 Å². The van der Waals surface area contributed by atoms with Gasteiger partial charge in [0.05, 0.1) is 12.5 Å². The van der Waals surface area contributed by atoms with Gasteiger partial charge in [0.2, 0.25) is 17.7 Å². The van der Waals surface area contributed by atoms with Crippen LogP contribution in [0.15, 0.2) is 18.2 Å². The fourth-order valence-corrected chi connectivity index (χ4v) is 4.82. The van der Waals surface area contributed by atoms with Gasteiger partial charge in [-0.25, -0.2) is 0 Å². The maximum Gasteiger partial charge on any atom is 0.243 e. The van der Waals surface area contributed by atoms with Crippen molar-refractivity contribution in [1.82, 2.24) is 15.1 Å². The van der Waals surface area contributed by atoms with Crippen LogP contribution in [0.5, 0.6) is 0 Å². The van der Waals surface area contributed by atoms with E-state index in [0.717, 1.165) is 24.0 Å². The van der Waals surface area contributed by atoms with Crippen LogP contribution < -0.4 is 16.8 Å². The molecule has 2 heterocycles. The zero-order chi connectivity index (χ0) is 24.7. The van der Waals surface area contributed by atoms with E-state index < -0.39 is 12.1 Å². The lowest BCUT2D eigenvalue weighted by Gasteiger charge is -2.29. The molecule has 1 aromatic rings. The number of hydrogen-bond acceptors (Lipinski definition) is 6. The highest BCUT2D eigenvalue weighted by molar-refractivity contribution is 6.30. The average molecular weight is 494 g/mol. The smallest absolute Gasteiger partial charge is 0.243 e. The Morgan fingerprint density at radius 1 is 1.24 bits per heavy atom. The Kier molecular flexibility index (Phi) is 9.70. The molecule has 5 N–H and O–H groups in total. The van der Waals surface area contributed by atoms with Gasteiger partial charge in [0.25, 0.3) is 0 Å². The van der Waals surface area contributed by atoms with E-state index in [4.69, 9.17) is 27.8 Å². The zero-order valence-electron chi connectivity index (χ0n) is 19.8. The number of likely N-dealkylation sites (tertiary alicyclic amines) is 1. The van der Waals surface area contributed by atoms with Crippen molar-refractivity contribution in [2.75, 3.05) is 33.4 Å². The Balaban J connectivity index is 1.52. The van der Waals surface area contributed by atoms with E-state index in [9.17, 15) is 14.4 Å². The van der Waals surface area contributed by atoms with E-state index in [-0.39, 0.29) is 30.7 Å². The highest BCUT2D eigenvalue weighted by Crippen LogP contribution is 2.21. The Bertz CT molecular complexity index is 877. The maximum atomic E-state index is 13.0. The molecule has 188 valence electrons. The summed E-state index contributed by atoms with van der Waals surface area (Å²) in [5, 5.41) is 3.46. The number of benzene rings is 1. The number of nitrogens with two attached hydrogens (primary N) is 2. The molecule has 0 bridgehead atoms. The van der Waals surface area contributed by atoms with Crippen LogP contribution in [0.1, 0.15) is 43.2 Å². The molecule has 0 spiro atoms. The van der Waals surface area contributed by atoms with Crippen LogP contribution in [0.25, 0.3) is 0 Å². The van der Waals surface area contributed by atoms with E-state index >= 15 is 0 Å². The van der Waals surface area contributed by atoms with Gasteiger partial charge in [-0.3, -0.25) is 14.4 Å². The molecule has 0 aromatic heterocycles. The zero-order valence-corrected chi connectivity index (χ0v) is 20.6. The molecule has 2 aliphatic heterocycles. The number of nitrogens with one attached hydrogen (secondary N) is 1. The molecule has 0 saturated carbocycles. The first kappa shape index (κ1) is 26.4. The molecule has 2 fully saturated rings. The van der Waals surface area contributed by atoms with Crippen LogP contribution in [0.4, 0.5) is 0 Å². The third kappa shape index (κ3) is 6.91. The fraction of sp³-hybridized carbons (Fsp3) is 0.625. The SMILES string of the molecule is CN(CC1CCOCC1)C(=O)CC(N)C(=O)N1CCCC1C(=O)NCc1cc(Cl)ccc1CN. The Morgan fingerprint density at radius 3 is 2.68 bits per heavy atom. The summed E-state index contributed by atoms with van der Waals surface area (Å²) in [6, 6.07) is 3.80. The first-order valence-corrected chi connectivity index (χ1v) is 12.3. The van der Waals surface area contributed by atoms with Crippen molar-refractivity contribution in [2.45, 2.75) is 57.3 Å². The van der Waals surface area contributed by atoms with Crippen molar-refractivity contribution >= 4 is 29.3 Å². The molecule has 3 rings (SSSR count). The molecule has 34 heavy (non-hydrogen) atoms. The number of hydrogen-bond donors (Lipinski definition) is 3. The number of amides is 3. The van der Waals surface area contributed by atoms with Gasteiger partial charge in [0.1, 0.15) is 6.04 Å². The second-order valence-corrected chi connectivity index (χ2v) is 9.60. The molecule has 0 aliphatic carbocycles. The third-order valence-electron chi connectivity index (χ3n) is 6.69. The first-order chi connectivity index (χ1) is 16.3. The van der Waals surface area contributed by atoms with Crippen molar-refractivity contribution in [3.63, 3.8) is 0 Å².